The van der Waals surface area contributed by atoms with Crippen molar-refractivity contribution in [2.45, 2.75) is 6.92 Å². The van der Waals surface area contributed by atoms with Crippen LogP contribution in [-0.4, -0.2) is 28.8 Å². The Kier molecular flexibility index (Phi) is 3.93. The van der Waals surface area contributed by atoms with Crippen molar-refractivity contribution in [3.05, 3.63) is 41.2 Å². The normalized spacial score (nSPS) is 10.2. The molecule has 0 saturated heterocycles. The number of esters is 1. The summed E-state index contributed by atoms with van der Waals surface area (Å²) in [6.07, 6.45) is 1.41. The van der Waals surface area contributed by atoms with Gasteiger partial charge < -0.3 is 15.8 Å². The molecule has 2 rings (SSSR count). The van der Waals surface area contributed by atoms with Gasteiger partial charge in [-0.25, -0.2) is 4.79 Å². The monoisotopic (exact) mass is 288 g/mol. The largest absolute Gasteiger partial charge is 0.465 e. The first-order valence-electron chi connectivity index (χ1n) is 6.22. The number of nitrogens with two attached hydrogens (primary N) is 1. The number of aryl methyl sites for hydroxylation is 2. The van der Waals surface area contributed by atoms with Crippen molar-refractivity contribution < 1.29 is 14.3 Å². The van der Waals surface area contributed by atoms with Crippen LogP contribution in [-0.2, 0) is 11.8 Å². The molecule has 0 spiro atoms. The summed E-state index contributed by atoms with van der Waals surface area (Å²) in [7, 11) is 2.93. The van der Waals surface area contributed by atoms with E-state index in [0.29, 0.717) is 11.3 Å². The van der Waals surface area contributed by atoms with Crippen molar-refractivity contribution in [3.8, 4) is 0 Å². The van der Waals surface area contributed by atoms with Gasteiger partial charge in [0.05, 0.1) is 24.6 Å². The fraction of sp³-hybridized carbons (Fsp3) is 0.214. The minimum atomic E-state index is -0.467. The highest BCUT2D eigenvalue weighted by atomic mass is 16.5. The van der Waals surface area contributed by atoms with Crippen molar-refractivity contribution in [1.82, 2.24) is 9.78 Å². The summed E-state index contributed by atoms with van der Waals surface area (Å²) in [6.45, 7) is 1.82. The van der Waals surface area contributed by atoms with E-state index in [1.54, 1.807) is 25.2 Å². The molecule has 0 aliphatic rings. The maximum Gasteiger partial charge on any atom is 0.337 e. The molecule has 0 aliphatic heterocycles. The predicted octanol–water partition coefficient (Wildman–Crippen LogP) is 1.35. The number of methoxy groups -OCH3 is 1. The average Bonchev–Trinajstić information content (AvgIpc) is 2.79. The fourth-order valence-electron chi connectivity index (χ4n) is 1.92. The first-order valence-corrected chi connectivity index (χ1v) is 6.22. The zero-order valence-corrected chi connectivity index (χ0v) is 12.0. The average molecular weight is 288 g/mol. The Hall–Kier alpha value is -2.83. The molecule has 0 unspecified atom stereocenters. The Balaban J connectivity index is 2.31. The van der Waals surface area contributed by atoms with Gasteiger partial charge in [-0.3, -0.25) is 9.48 Å². The third-order valence-corrected chi connectivity index (χ3v) is 3.09. The van der Waals surface area contributed by atoms with Gasteiger partial charge in [0.25, 0.3) is 5.91 Å². The number of benzene rings is 1. The highest BCUT2D eigenvalue weighted by molar-refractivity contribution is 6.07. The number of nitrogen functional groups attached to an aromatic ring is 1. The van der Waals surface area contributed by atoms with Crippen LogP contribution in [0.25, 0.3) is 0 Å². The summed E-state index contributed by atoms with van der Waals surface area (Å²) >= 11 is 0. The highest BCUT2D eigenvalue weighted by Gasteiger charge is 2.17. The second-order valence-electron chi connectivity index (χ2n) is 4.55. The van der Waals surface area contributed by atoms with Crippen molar-refractivity contribution in [3.63, 3.8) is 0 Å². The van der Waals surface area contributed by atoms with E-state index in [4.69, 9.17) is 5.73 Å². The lowest BCUT2D eigenvalue weighted by Gasteiger charge is -2.10. The second kappa shape index (κ2) is 5.66. The first-order chi connectivity index (χ1) is 9.93. The Morgan fingerprint density at radius 2 is 2.10 bits per heavy atom. The first kappa shape index (κ1) is 14.6. The number of hydrogen-bond donors (Lipinski definition) is 2. The summed E-state index contributed by atoms with van der Waals surface area (Å²) in [5.41, 5.74) is 7.96. The van der Waals surface area contributed by atoms with Gasteiger partial charge in [0.15, 0.2) is 0 Å². The van der Waals surface area contributed by atoms with Crippen LogP contribution in [0.1, 0.15) is 26.4 Å². The number of amides is 1. The molecular formula is C14H16N4O3. The standard InChI is InChI=1S/C14H16N4O3/c1-8-4-5-9(14(20)21-3)6-11(8)17-13(19)12-10(15)7-16-18(12)2/h4-7H,15H2,1-3H3,(H,17,19). The molecule has 7 nitrogen and oxygen atoms in total. The molecule has 1 aromatic heterocycles. The molecule has 0 saturated carbocycles. The molecule has 1 heterocycles. The van der Waals surface area contributed by atoms with Gasteiger partial charge in [0, 0.05) is 12.7 Å². The zero-order chi connectivity index (χ0) is 15.6. The van der Waals surface area contributed by atoms with Crippen molar-refractivity contribution in [2.24, 2.45) is 7.05 Å². The van der Waals surface area contributed by atoms with Crippen molar-refractivity contribution in [1.29, 1.82) is 0 Å². The lowest BCUT2D eigenvalue weighted by Crippen LogP contribution is -2.18. The Morgan fingerprint density at radius 1 is 1.38 bits per heavy atom. The molecule has 1 aromatic carbocycles. The third kappa shape index (κ3) is 2.86. The number of nitrogens with one attached hydrogen (secondary N) is 1. The van der Waals surface area contributed by atoms with E-state index in [1.165, 1.54) is 18.0 Å². The van der Waals surface area contributed by atoms with E-state index < -0.39 is 11.9 Å². The molecule has 0 atom stereocenters. The Bertz CT molecular complexity index is 687. The van der Waals surface area contributed by atoms with Crippen LogP contribution in [0, 0.1) is 6.92 Å². The predicted molar refractivity (Wildman–Crippen MR) is 78.1 cm³/mol. The molecular weight excluding hydrogens is 272 g/mol. The number of ether oxygens (including phenoxy) is 1. The topological polar surface area (TPSA) is 99.2 Å². The molecule has 1 amide bonds. The zero-order valence-electron chi connectivity index (χ0n) is 12.0. The number of aromatic nitrogens is 2. The third-order valence-electron chi connectivity index (χ3n) is 3.09. The summed E-state index contributed by atoms with van der Waals surface area (Å²) in [4.78, 5) is 23.8. The van der Waals surface area contributed by atoms with E-state index in [9.17, 15) is 9.59 Å². The minimum Gasteiger partial charge on any atom is -0.465 e. The van der Waals surface area contributed by atoms with Gasteiger partial charge >= 0.3 is 5.97 Å². The summed E-state index contributed by atoms with van der Waals surface area (Å²) in [6, 6.07) is 4.93. The van der Waals surface area contributed by atoms with Crippen molar-refractivity contribution in [2.75, 3.05) is 18.2 Å². The molecule has 0 bridgehead atoms. The number of nitrogens with zero attached hydrogens (tertiary/aromatic N) is 2. The maximum atomic E-state index is 12.3. The molecule has 7 heteroatoms. The van der Waals surface area contributed by atoms with Crippen LogP contribution in [0.3, 0.4) is 0 Å². The van der Waals surface area contributed by atoms with Crippen molar-refractivity contribution >= 4 is 23.3 Å². The molecule has 21 heavy (non-hydrogen) atoms. The Morgan fingerprint density at radius 3 is 2.67 bits per heavy atom. The molecule has 0 aliphatic carbocycles. The van der Waals surface area contributed by atoms with Crippen LogP contribution in [0.2, 0.25) is 0 Å². The molecule has 2 aromatic rings. The smallest absolute Gasteiger partial charge is 0.337 e. The fourth-order valence-corrected chi connectivity index (χ4v) is 1.92. The van der Waals surface area contributed by atoms with Gasteiger partial charge in [0.2, 0.25) is 0 Å². The SMILES string of the molecule is COC(=O)c1ccc(C)c(NC(=O)c2c(N)cnn2C)c1. The molecule has 3 N–H and O–H groups in total. The van der Waals surface area contributed by atoms with E-state index in [1.807, 2.05) is 6.92 Å². The number of rotatable bonds is 3. The molecule has 0 radical (unpaired) electrons. The second-order valence-corrected chi connectivity index (χ2v) is 4.55. The molecule has 110 valence electrons. The Labute approximate surface area is 121 Å². The number of hydrogen-bond acceptors (Lipinski definition) is 5. The van der Waals surface area contributed by atoms with E-state index >= 15 is 0 Å². The van der Waals surface area contributed by atoms with Gasteiger partial charge in [-0.1, -0.05) is 6.07 Å². The summed E-state index contributed by atoms with van der Waals surface area (Å²) in [5.74, 6) is -0.858. The van der Waals surface area contributed by atoms with Gasteiger partial charge in [-0.05, 0) is 24.6 Å². The van der Waals surface area contributed by atoms with E-state index in [2.05, 4.69) is 15.2 Å². The lowest BCUT2D eigenvalue weighted by atomic mass is 10.1. The van der Waals surface area contributed by atoms with Gasteiger partial charge in [-0.2, -0.15) is 5.10 Å². The number of carbonyl (C=O) groups excluding carboxylic acids is 2. The van der Waals surface area contributed by atoms with Gasteiger partial charge in [-0.15, -0.1) is 0 Å². The van der Waals surface area contributed by atoms with Crippen LogP contribution < -0.4 is 11.1 Å². The number of anilines is 2. The van der Waals surface area contributed by atoms with E-state index in [0.717, 1.165) is 5.56 Å². The van der Waals surface area contributed by atoms with E-state index in [-0.39, 0.29) is 11.4 Å². The summed E-state index contributed by atoms with van der Waals surface area (Å²) in [5, 5.41) is 6.64. The van der Waals surface area contributed by atoms with Crippen LogP contribution in [0.5, 0.6) is 0 Å². The van der Waals surface area contributed by atoms with Crippen LogP contribution >= 0.6 is 0 Å². The van der Waals surface area contributed by atoms with Crippen LogP contribution in [0.15, 0.2) is 24.4 Å². The van der Waals surface area contributed by atoms with Gasteiger partial charge in [0.1, 0.15) is 5.69 Å². The summed E-state index contributed by atoms with van der Waals surface area (Å²) < 4.78 is 6.05. The lowest BCUT2D eigenvalue weighted by molar-refractivity contribution is 0.0600. The van der Waals surface area contributed by atoms with Crippen LogP contribution in [0.4, 0.5) is 11.4 Å². The quantitative estimate of drug-likeness (QED) is 0.830. The number of carbonyl (C=O) groups is 2. The highest BCUT2D eigenvalue weighted by Crippen LogP contribution is 2.19. The minimum absolute atomic E-state index is 0.262. The maximum absolute atomic E-state index is 12.3. The molecule has 0 fully saturated rings.